The van der Waals surface area contributed by atoms with Crippen molar-refractivity contribution in [3.63, 3.8) is 0 Å². The first-order chi connectivity index (χ1) is 9.75. The number of unbranched alkanes of at least 4 members (excludes halogenated alkanes) is 3. The van der Waals surface area contributed by atoms with Crippen LogP contribution in [-0.4, -0.2) is 24.4 Å². The predicted molar refractivity (Wildman–Crippen MR) is 83.4 cm³/mol. The van der Waals surface area contributed by atoms with Crippen molar-refractivity contribution in [1.29, 1.82) is 0 Å². The smallest absolute Gasteiger partial charge is 0.244 e. The van der Waals surface area contributed by atoms with E-state index < -0.39 is 0 Å². The molecule has 0 bridgehead atoms. The maximum Gasteiger partial charge on any atom is 0.244 e. The van der Waals surface area contributed by atoms with E-state index in [4.69, 9.17) is 0 Å². The Kier molecular flexibility index (Phi) is 6.34. The lowest BCUT2D eigenvalue weighted by Gasteiger charge is -2.26. The van der Waals surface area contributed by atoms with Gasteiger partial charge in [0.25, 0.3) is 0 Å². The minimum absolute atomic E-state index is 0. The van der Waals surface area contributed by atoms with Gasteiger partial charge in [-0.3, -0.25) is 9.59 Å². The van der Waals surface area contributed by atoms with Gasteiger partial charge in [0.15, 0.2) is 0 Å². The standard InChI is InChI=1S/C16H28N2O2.2H2/c19-15(18-14-12-17-16(14)20)11-7-2-1-4-8-13-9-5-3-6-10-13;;/h13-14H,1-12H2,(H,17,20)(H,18,19);2*1H/t14-;;/m0../s1. The zero-order chi connectivity index (χ0) is 14.2. The fraction of sp³-hybridized carbons (Fsp3) is 0.875. The van der Waals surface area contributed by atoms with Crippen LogP contribution in [0.4, 0.5) is 0 Å². The lowest BCUT2D eigenvalue weighted by molar-refractivity contribution is -0.133. The first-order valence-corrected chi connectivity index (χ1v) is 8.33. The van der Waals surface area contributed by atoms with Gasteiger partial charge in [0.05, 0.1) is 0 Å². The largest absolute Gasteiger partial charge is 0.352 e. The summed E-state index contributed by atoms with van der Waals surface area (Å²) in [6.45, 7) is 0.589. The molecule has 0 aromatic heterocycles. The van der Waals surface area contributed by atoms with E-state index in [0.717, 1.165) is 18.8 Å². The van der Waals surface area contributed by atoms with Gasteiger partial charge in [0, 0.05) is 15.8 Å². The van der Waals surface area contributed by atoms with Crippen LogP contribution in [0.25, 0.3) is 0 Å². The van der Waals surface area contributed by atoms with Crippen molar-refractivity contribution >= 4 is 11.8 Å². The summed E-state index contributed by atoms with van der Waals surface area (Å²) in [5.74, 6) is 0.951. The van der Waals surface area contributed by atoms with Gasteiger partial charge < -0.3 is 10.6 Å². The van der Waals surface area contributed by atoms with Gasteiger partial charge in [-0.2, -0.15) is 0 Å². The zero-order valence-electron chi connectivity index (χ0n) is 12.5. The first kappa shape index (κ1) is 15.3. The molecule has 0 unspecified atom stereocenters. The van der Waals surface area contributed by atoms with Crippen LogP contribution in [0, 0.1) is 5.92 Å². The van der Waals surface area contributed by atoms with Crippen molar-refractivity contribution in [3.8, 4) is 0 Å². The Hall–Kier alpha value is -1.06. The normalized spacial score (nSPS) is 23.0. The number of carbonyl (C=O) groups is 2. The molecule has 4 nitrogen and oxygen atoms in total. The molecule has 20 heavy (non-hydrogen) atoms. The van der Waals surface area contributed by atoms with E-state index in [2.05, 4.69) is 10.6 Å². The molecule has 0 radical (unpaired) electrons. The summed E-state index contributed by atoms with van der Waals surface area (Å²) >= 11 is 0. The number of β-lactam (4-membered cyclic amide) rings is 1. The maximum absolute atomic E-state index is 11.6. The average molecular weight is 284 g/mol. The average Bonchev–Trinajstić information content (AvgIpc) is 2.48. The van der Waals surface area contributed by atoms with Crippen molar-refractivity contribution < 1.29 is 12.4 Å². The molecule has 4 heteroatoms. The number of hydrogen-bond donors (Lipinski definition) is 2. The van der Waals surface area contributed by atoms with Crippen LogP contribution in [0.2, 0.25) is 0 Å². The van der Waals surface area contributed by atoms with E-state index in [1.54, 1.807) is 0 Å². The molecule has 0 aromatic rings. The van der Waals surface area contributed by atoms with E-state index >= 15 is 0 Å². The fourth-order valence-electron chi connectivity index (χ4n) is 3.22. The molecule has 1 aliphatic carbocycles. The third-order valence-electron chi connectivity index (χ3n) is 4.62. The first-order valence-electron chi connectivity index (χ1n) is 8.33. The lowest BCUT2D eigenvalue weighted by Crippen LogP contribution is -2.61. The minimum atomic E-state index is -0.270. The SMILES string of the molecule is O=C(CCCCCCC1CCCCC1)N[C@H]1CNC1=O.[HH].[HH]. The second-order valence-corrected chi connectivity index (χ2v) is 6.32. The highest BCUT2D eigenvalue weighted by atomic mass is 16.2. The molecule has 2 fully saturated rings. The fourth-order valence-corrected chi connectivity index (χ4v) is 3.22. The summed E-state index contributed by atoms with van der Waals surface area (Å²) in [6.07, 6.45) is 13.8. The Labute approximate surface area is 125 Å². The second kappa shape index (κ2) is 8.28. The van der Waals surface area contributed by atoms with Crippen LogP contribution in [0.3, 0.4) is 0 Å². The molecular formula is C16H32N2O2. The summed E-state index contributed by atoms with van der Waals surface area (Å²) in [7, 11) is 0. The number of hydrogen-bond acceptors (Lipinski definition) is 2. The van der Waals surface area contributed by atoms with Gasteiger partial charge >= 0.3 is 0 Å². The summed E-state index contributed by atoms with van der Waals surface area (Å²) in [4.78, 5) is 22.6. The number of rotatable bonds is 8. The van der Waals surface area contributed by atoms with Crippen LogP contribution in [0.5, 0.6) is 0 Å². The minimum Gasteiger partial charge on any atom is -0.352 e. The molecule has 1 heterocycles. The Morgan fingerprint density at radius 2 is 1.90 bits per heavy atom. The number of nitrogens with one attached hydrogen (secondary N) is 2. The van der Waals surface area contributed by atoms with Crippen molar-refractivity contribution in [3.05, 3.63) is 0 Å². The van der Waals surface area contributed by atoms with Crippen LogP contribution >= 0.6 is 0 Å². The molecule has 118 valence electrons. The maximum atomic E-state index is 11.6. The molecular weight excluding hydrogens is 252 g/mol. The molecule has 1 atom stereocenters. The van der Waals surface area contributed by atoms with Crippen LogP contribution in [-0.2, 0) is 9.59 Å². The molecule has 0 spiro atoms. The lowest BCUT2D eigenvalue weighted by atomic mass is 9.85. The van der Waals surface area contributed by atoms with E-state index in [0.29, 0.717) is 13.0 Å². The van der Waals surface area contributed by atoms with Crippen molar-refractivity contribution in [1.82, 2.24) is 10.6 Å². The molecule has 2 N–H and O–H groups in total. The van der Waals surface area contributed by atoms with Gasteiger partial charge in [0.1, 0.15) is 6.04 Å². The quantitative estimate of drug-likeness (QED) is 0.532. The molecule has 0 aromatic carbocycles. The van der Waals surface area contributed by atoms with E-state index in [1.807, 2.05) is 0 Å². The highest BCUT2D eigenvalue weighted by molar-refractivity contribution is 5.92. The highest BCUT2D eigenvalue weighted by Gasteiger charge is 2.28. The van der Waals surface area contributed by atoms with Crippen LogP contribution in [0.1, 0.15) is 73.5 Å². The second-order valence-electron chi connectivity index (χ2n) is 6.32. The Balaban J connectivity index is 0.00000220. The van der Waals surface area contributed by atoms with Crippen molar-refractivity contribution in [2.45, 2.75) is 76.7 Å². The summed E-state index contributed by atoms with van der Waals surface area (Å²) in [6, 6.07) is -0.270. The predicted octanol–water partition coefficient (Wildman–Crippen LogP) is 3.01. The summed E-state index contributed by atoms with van der Waals surface area (Å²) < 4.78 is 0. The summed E-state index contributed by atoms with van der Waals surface area (Å²) in [5, 5.41) is 5.38. The van der Waals surface area contributed by atoms with Gasteiger partial charge in [0.2, 0.25) is 11.8 Å². The third kappa shape index (κ3) is 5.14. The van der Waals surface area contributed by atoms with Gasteiger partial charge in [-0.25, -0.2) is 0 Å². The van der Waals surface area contributed by atoms with E-state index in [-0.39, 0.29) is 20.7 Å². The topological polar surface area (TPSA) is 58.2 Å². The van der Waals surface area contributed by atoms with Crippen molar-refractivity contribution in [2.75, 3.05) is 6.54 Å². The number of carbonyl (C=O) groups excluding carboxylic acids is 2. The van der Waals surface area contributed by atoms with Gasteiger partial charge in [-0.05, 0) is 12.3 Å². The van der Waals surface area contributed by atoms with Crippen LogP contribution < -0.4 is 10.6 Å². The molecule has 1 aliphatic heterocycles. The zero-order valence-corrected chi connectivity index (χ0v) is 12.5. The molecule has 1 saturated carbocycles. The number of amides is 2. The third-order valence-corrected chi connectivity index (χ3v) is 4.62. The summed E-state index contributed by atoms with van der Waals surface area (Å²) in [5.41, 5.74) is 0. The van der Waals surface area contributed by atoms with E-state index in [9.17, 15) is 9.59 Å². The van der Waals surface area contributed by atoms with Crippen LogP contribution in [0.15, 0.2) is 0 Å². The Morgan fingerprint density at radius 3 is 2.55 bits per heavy atom. The highest BCUT2D eigenvalue weighted by Crippen LogP contribution is 2.28. The molecule has 2 amide bonds. The van der Waals surface area contributed by atoms with Gasteiger partial charge in [-0.15, -0.1) is 0 Å². The Bertz CT molecular complexity index is 334. The molecule has 2 rings (SSSR count). The Morgan fingerprint density at radius 1 is 1.15 bits per heavy atom. The molecule has 2 aliphatic rings. The van der Waals surface area contributed by atoms with E-state index in [1.165, 1.54) is 51.4 Å². The van der Waals surface area contributed by atoms with Gasteiger partial charge in [-0.1, -0.05) is 57.8 Å². The van der Waals surface area contributed by atoms with Crippen molar-refractivity contribution in [2.24, 2.45) is 5.92 Å². The molecule has 1 saturated heterocycles. The monoisotopic (exact) mass is 284 g/mol.